The van der Waals surface area contributed by atoms with Gasteiger partial charge in [-0.2, -0.15) is 0 Å². The first-order valence-corrected chi connectivity index (χ1v) is 8.21. The summed E-state index contributed by atoms with van der Waals surface area (Å²) >= 11 is 0. The molecule has 0 radical (unpaired) electrons. The van der Waals surface area contributed by atoms with E-state index in [1.54, 1.807) is 0 Å². The fourth-order valence-corrected chi connectivity index (χ4v) is 3.23. The highest BCUT2D eigenvalue weighted by molar-refractivity contribution is 5.75. The Labute approximate surface area is 131 Å². The van der Waals surface area contributed by atoms with Crippen LogP contribution in [-0.2, 0) is 0 Å². The second kappa shape index (κ2) is 6.38. The fraction of sp³-hybridized carbons (Fsp3) is 0.529. The maximum Gasteiger partial charge on any atom is 0.320 e. The number of carbonyl (C=O) groups is 1. The van der Waals surface area contributed by atoms with Gasteiger partial charge in [0.2, 0.25) is 0 Å². The van der Waals surface area contributed by atoms with Crippen LogP contribution in [0.4, 0.5) is 4.79 Å². The number of H-pyrrole nitrogens is 1. The van der Waals surface area contributed by atoms with Crippen molar-refractivity contribution in [3.63, 3.8) is 0 Å². The molecule has 1 fully saturated rings. The average molecular weight is 300 g/mol. The molecule has 0 aliphatic carbocycles. The number of benzene rings is 1. The first-order valence-electron chi connectivity index (χ1n) is 8.21. The molecule has 3 rings (SSSR count). The van der Waals surface area contributed by atoms with Crippen LogP contribution in [0.25, 0.3) is 11.0 Å². The van der Waals surface area contributed by atoms with Gasteiger partial charge in [-0.3, -0.25) is 0 Å². The number of fused-ring (bicyclic) bond motifs is 1. The average Bonchev–Trinajstić information content (AvgIpc) is 3.00. The van der Waals surface area contributed by atoms with E-state index in [1.807, 2.05) is 47.9 Å². The molecule has 1 aliphatic heterocycles. The maximum absolute atomic E-state index is 12.5. The Morgan fingerprint density at radius 1 is 1.36 bits per heavy atom. The van der Waals surface area contributed by atoms with Crippen molar-refractivity contribution in [1.82, 2.24) is 19.8 Å². The van der Waals surface area contributed by atoms with Crippen molar-refractivity contribution >= 4 is 17.1 Å². The molecule has 118 valence electrons. The van der Waals surface area contributed by atoms with Gasteiger partial charge in [0.25, 0.3) is 0 Å². The summed E-state index contributed by atoms with van der Waals surface area (Å²) in [6.07, 6.45) is 2.12. The summed E-state index contributed by atoms with van der Waals surface area (Å²) in [5, 5.41) is 0. The highest BCUT2D eigenvalue weighted by Crippen LogP contribution is 2.27. The van der Waals surface area contributed by atoms with Gasteiger partial charge < -0.3 is 14.8 Å². The molecular formula is C17H24N4O. The van der Waals surface area contributed by atoms with Crippen molar-refractivity contribution in [2.24, 2.45) is 0 Å². The minimum atomic E-state index is 0.158. The van der Waals surface area contributed by atoms with Gasteiger partial charge in [-0.05, 0) is 38.8 Å². The lowest BCUT2D eigenvalue weighted by atomic mass is 9.97. The van der Waals surface area contributed by atoms with E-state index in [0.29, 0.717) is 5.92 Å². The summed E-state index contributed by atoms with van der Waals surface area (Å²) in [7, 11) is 0. The summed E-state index contributed by atoms with van der Waals surface area (Å²) in [5.74, 6) is 1.32. The molecule has 1 atom stereocenters. The van der Waals surface area contributed by atoms with Gasteiger partial charge in [-0.1, -0.05) is 12.1 Å². The van der Waals surface area contributed by atoms with Gasteiger partial charge in [0.1, 0.15) is 5.82 Å². The lowest BCUT2D eigenvalue weighted by molar-refractivity contribution is 0.141. The largest absolute Gasteiger partial charge is 0.342 e. The Bertz CT molecular complexity index is 614. The number of aromatic amines is 1. The number of imidazole rings is 1. The third-order valence-corrected chi connectivity index (χ3v) is 4.52. The molecular weight excluding hydrogens is 276 g/mol. The molecule has 1 unspecified atom stereocenters. The van der Waals surface area contributed by atoms with E-state index in [4.69, 9.17) is 4.98 Å². The number of amides is 2. The lowest BCUT2D eigenvalue weighted by Gasteiger charge is -2.35. The molecule has 1 aromatic carbocycles. The number of urea groups is 1. The van der Waals surface area contributed by atoms with Crippen molar-refractivity contribution in [2.75, 3.05) is 26.2 Å². The second-order valence-electron chi connectivity index (χ2n) is 5.88. The number of nitrogens with one attached hydrogen (secondary N) is 1. The number of hydrogen-bond acceptors (Lipinski definition) is 2. The van der Waals surface area contributed by atoms with Crippen LogP contribution >= 0.6 is 0 Å². The number of rotatable bonds is 3. The van der Waals surface area contributed by atoms with Crippen LogP contribution in [0, 0.1) is 0 Å². The Morgan fingerprint density at radius 3 is 2.86 bits per heavy atom. The minimum absolute atomic E-state index is 0.158. The summed E-state index contributed by atoms with van der Waals surface area (Å²) in [6.45, 7) is 7.20. The predicted molar refractivity (Wildman–Crippen MR) is 88.0 cm³/mol. The number of piperidine rings is 1. The highest BCUT2D eigenvalue weighted by atomic mass is 16.2. The van der Waals surface area contributed by atoms with Gasteiger partial charge in [0.15, 0.2) is 0 Å². The Morgan fingerprint density at radius 2 is 2.14 bits per heavy atom. The Balaban J connectivity index is 1.76. The van der Waals surface area contributed by atoms with E-state index in [2.05, 4.69) is 4.98 Å². The van der Waals surface area contributed by atoms with E-state index >= 15 is 0 Å². The number of likely N-dealkylation sites (tertiary alicyclic amines) is 1. The Hall–Kier alpha value is -2.04. The third-order valence-electron chi connectivity index (χ3n) is 4.52. The smallest absolute Gasteiger partial charge is 0.320 e. The van der Waals surface area contributed by atoms with Gasteiger partial charge in [-0.25, -0.2) is 9.78 Å². The van der Waals surface area contributed by atoms with Gasteiger partial charge in [0.05, 0.1) is 11.0 Å². The van der Waals surface area contributed by atoms with Crippen LogP contribution in [0.3, 0.4) is 0 Å². The van der Waals surface area contributed by atoms with Crippen LogP contribution in [0.15, 0.2) is 24.3 Å². The van der Waals surface area contributed by atoms with E-state index in [1.165, 1.54) is 0 Å². The molecule has 2 aromatic rings. The topological polar surface area (TPSA) is 52.2 Å². The summed E-state index contributed by atoms with van der Waals surface area (Å²) in [5.41, 5.74) is 2.08. The quantitative estimate of drug-likeness (QED) is 0.946. The summed E-state index contributed by atoms with van der Waals surface area (Å²) in [6, 6.07) is 8.25. The SMILES string of the molecule is CCN(CC)C(=O)N1CCCC(c2nc3ccccc3[nH]2)C1. The summed E-state index contributed by atoms with van der Waals surface area (Å²) < 4.78 is 0. The summed E-state index contributed by atoms with van der Waals surface area (Å²) in [4.78, 5) is 24.5. The highest BCUT2D eigenvalue weighted by Gasteiger charge is 2.28. The van der Waals surface area contributed by atoms with Crippen LogP contribution in [0.5, 0.6) is 0 Å². The normalized spacial score (nSPS) is 18.6. The van der Waals surface area contributed by atoms with E-state index in [9.17, 15) is 4.79 Å². The van der Waals surface area contributed by atoms with Gasteiger partial charge >= 0.3 is 6.03 Å². The molecule has 2 amide bonds. The zero-order valence-corrected chi connectivity index (χ0v) is 13.4. The zero-order chi connectivity index (χ0) is 15.5. The number of para-hydroxylation sites is 2. The standard InChI is InChI=1S/C17H24N4O/c1-3-20(4-2)17(22)21-11-7-8-13(12-21)16-18-14-9-5-6-10-15(14)19-16/h5-6,9-10,13H,3-4,7-8,11-12H2,1-2H3,(H,18,19). The molecule has 5 nitrogen and oxygen atoms in total. The molecule has 1 aromatic heterocycles. The molecule has 0 saturated carbocycles. The van der Waals surface area contributed by atoms with Crippen molar-refractivity contribution in [1.29, 1.82) is 0 Å². The Kier molecular flexibility index (Phi) is 4.32. The number of nitrogens with zero attached hydrogens (tertiary/aromatic N) is 3. The van der Waals surface area contributed by atoms with Crippen LogP contribution < -0.4 is 0 Å². The van der Waals surface area contributed by atoms with Crippen molar-refractivity contribution in [2.45, 2.75) is 32.6 Å². The minimum Gasteiger partial charge on any atom is -0.342 e. The molecule has 1 N–H and O–H groups in total. The molecule has 5 heteroatoms. The number of aromatic nitrogens is 2. The third kappa shape index (κ3) is 2.80. The molecule has 1 saturated heterocycles. The van der Waals surface area contributed by atoms with Gasteiger partial charge in [0, 0.05) is 32.1 Å². The lowest BCUT2D eigenvalue weighted by Crippen LogP contribution is -2.47. The first-order chi connectivity index (χ1) is 10.7. The van der Waals surface area contributed by atoms with Crippen molar-refractivity contribution in [3.05, 3.63) is 30.1 Å². The second-order valence-corrected chi connectivity index (χ2v) is 5.88. The van der Waals surface area contributed by atoms with E-state index < -0.39 is 0 Å². The van der Waals surface area contributed by atoms with Crippen LogP contribution in [-0.4, -0.2) is 52.0 Å². The molecule has 0 bridgehead atoms. The molecule has 1 aliphatic rings. The number of hydrogen-bond donors (Lipinski definition) is 1. The zero-order valence-electron chi connectivity index (χ0n) is 13.4. The van der Waals surface area contributed by atoms with Crippen LogP contribution in [0.2, 0.25) is 0 Å². The predicted octanol–water partition coefficient (Wildman–Crippen LogP) is 3.20. The van der Waals surface area contributed by atoms with Gasteiger partial charge in [-0.15, -0.1) is 0 Å². The van der Waals surface area contributed by atoms with Crippen molar-refractivity contribution < 1.29 is 4.79 Å². The molecule has 22 heavy (non-hydrogen) atoms. The van der Waals surface area contributed by atoms with E-state index in [-0.39, 0.29) is 6.03 Å². The number of carbonyl (C=O) groups excluding carboxylic acids is 1. The first kappa shape index (κ1) is 14.9. The molecule has 0 spiro atoms. The van der Waals surface area contributed by atoms with Crippen molar-refractivity contribution in [3.8, 4) is 0 Å². The maximum atomic E-state index is 12.5. The van der Waals surface area contributed by atoms with Crippen LogP contribution in [0.1, 0.15) is 38.4 Å². The fourth-order valence-electron chi connectivity index (χ4n) is 3.23. The molecule has 2 heterocycles. The van der Waals surface area contributed by atoms with E-state index in [0.717, 1.165) is 55.9 Å². The monoisotopic (exact) mass is 300 g/mol.